The van der Waals surface area contributed by atoms with E-state index in [9.17, 15) is 14.9 Å². The highest BCUT2D eigenvalue weighted by molar-refractivity contribution is 9.10. The zero-order valence-electron chi connectivity index (χ0n) is 14.5. The zero-order valence-corrected chi connectivity index (χ0v) is 16.9. The van der Waals surface area contributed by atoms with Crippen LogP contribution in [-0.2, 0) is 9.53 Å². The smallest absolute Gasteiger partial charge is 0.348 e. The maximum atomic E-state index is 12.2. The molecule has 2 rings (SSSR count). The highest BCUT2D eigenvalue weighted by Gasteiger charge is 2.22. The number of thiophene rings is 1. The van der Waals surface area contributed by atoms with E-state index in [0.717, 1.165) is 21.4 Å². The number of amides is 1. The van der Waals surface area contributed by atoms with E-state index in [1.807, 2.05) is 25.1 Å². The fourth-order valence-corrected chi connectivity index (χ4v) is 3.46. The quantitative estimate of drug-likeness (QED) is 0.685. The fourth-order valence-electron chi connectivity index (χ4n) is 2.15. The molecule has 0 aliphatic carbocycles. The Labute approximate surface area is 163 Å². The minimum Gasteiger partial charge on any atom is -0.484 e. The Bertz CT molecular complexity index is 886. The Hall–Kier alpha value is -2.37. The molecule has 1 N–H and O–H groups in total. The van der Waals surface area contributed by atoms with Gasteiger partial charge in [0, 0.05) is 4.47 Å². The third-order valence-corrected chi connectivity index (χ3v) is 5.55. The van der Waals surface area contributed by atoms with Gasteiger partial charge in [0.25, 0.3) is 5.91 Å². The van der Waals surface area contributed by atoms with Crippen molar-refractivity contribution in [3.8, 4) is 11.8 Å². The number of esters is 1. The molecule has 0 atom stereocenters. The van der Waals surface area contributed by atoms with E-state index in [2.05, 4.69) is 21.2 Å². The number of hydrogen-bond acceptors (Lipinski definition) is 6. The normalized spacial score (nSPS) is 10.1. The van der Waals surface area contributed by atoms with Gasteiger partial charge in [-0.1, -0.05) is 15.9 Å². The molecule has 0 radical (unpaired) electrons. The third kappa shape index (κ3) is 4.62. The summed E-state index contributed by atoms with van der Waals surface area (Å²) in [5.41, 5.74) is 1.74. The number of hydrogen-bond donors (Lipinski definition) is 1. The predicted octanol–water partition coefficient (Wildman–Crippen LogP) is 4.19. The van der Waals surface area contributed by atoms with Crippen LogP contribution in [0.4, 0.5) is 5.00 Å². The van der Waals surface area contributed by atoms with Crippen LogP contribution in [0.25, 0.3) is 0 Å². The average molecular weight is 437 g/mol. The summed E-state index contributed by atoms with van der Waals surface area (Å²) in [6.07, 6.45) is 0. The van der Waals surface area contributed by atoms with E-state index in [-0.39, 0.29) is 18.8 Å². The number of halogens is 1. The average Bonchev–Trinajstić information content (AvgIpc) is 2.91. The number of benzene rings is 1. The van der Waals surface area contributed by atoms with Crippen molar-refractivity contribution in [1.82, 2.24) is 0 Å². The van der Waals surface area contributed by atoms with Gasteiger partial charge in [-0.15, -0.1) is 11.3 Å². The highest BCUT2D eigenvalue weighted by Crippen LogP contribution is 2.33. The molecule has 8 heteroatoms. The van der Waals surface area contributed by atoms with Gasteiger partial charge in [0.2, 0.25) is 0 Å². The van der Waals surface area contributed by atoms with Gasteiger partial charge < -0.3 is 14.8 Å². The molecule has 0 bridgehead atoms. The number of carbonyl (C=O) groups excluding carboxylic acids is 2. The molecule has 0 fully saturated rings. The third-order valence-electron chi connectivity index (χ3n) is 3.47. The van der Waals surface area contributed by atoms with Crippen LogP contribution in [0.1, 0.15) is 33.3 Å². The zero-order chi connectivity index (χ0) is 19.3. The largest absolute Gasteiger partial charge is 0.484 e. The lowest BCUT2D eigenvalue weighted by Crippen LogP contribution is -2.20. The van der Waals surface area contributed by atoms with E-state index >= 15 is 0 Å². The topological polar surface area (TPSA) is 88.4 Å². The summed E-state index contributed by atoms with van der Waals surface area (Å²) in [7, 11) is 0. The van der Waals surface area contributed by atoms with E-state index < -0.39 is 11.9 Å². The Morgan fingerprint density at radius 1 is 1.35 bits per heavy atom. The number of carbonyl (C=O) groups is 2. The lowest BCUT2D eigenvalue weighted by atomic mass is 10.2. The number of rotatable bonds is 6. The first-order valence-electron chi connectivity index (χ1n) is 7.76. The van der Waals surface area contributed by atoms with Gasteiger partial charge >= 0.3 is 5.97 Å². The van der Waals surface area contributed by atoms with Crippen molar-refractivity contribution in [3.63, 3.8) is 0 Å². The molecule has 1 amide bonds. The van der Waals surface area contributed by atoms with Gasteiger partial charge in [-0.3, -0.25) is 4.79 Å². The molecular weight excluding hydrogens is 420 g/mol. The summed E-state index contributed by atoms with van der Waals surface area (Å²) >= 11 is 4.42. The maximum Gasteiger partial charge on any atom is 0.348 e. The highest BCUT2D eigenvalue weighted by atomic mass is 79.9. The number of ether oxygens (including phenoxy) is 2. The molecule has 1 aromatic carbocycles. The Balaban J connectivity index is 2.08. The van der Waals surface area contributed by atoms with Gasteiger partial charge in [-0.2, -0.15) is 5.26 Å². The molecule has 136 valence electrons. The standard InChI is InChI=1S/C18H17BrN2O4S/c1-4-24-18(23)16-11(3)13(8-20)17(26-16)21-15(22)9-25-12-5-6-14(19)10(2)7-12/h5-7H,4,9H2,1-3H3,(H,21,22). The van der Waals surface area contributed by atoms with E-state index in [4.69, 9.17) is 9.47 Å². The van der Waals surface area contributed by atoms with Gasteiger partial charge in [0.05, 0.1) is 12.2 Å². The summed E-state index contributed by atoms with van der Waals surface area (Å²) in [4.78, 5) is 24.4. The lowest BCUT2D eigenvalue weighted by molar-refractivity contribution is -0.118. The van der Waals surface area contributed by atoms with Gasteiger partial charge in [-0.05, 0) is 50.1 Å². The van der Waals surface area contributed by atoms with Crippen LogP contribution in [0.15, 0.2) is 22.7 Å². The first-order valence-corrected chi connectivity index (χ1v) is 9.37. The molecule has 0 saturated carbocycles. The molecule has 1 heterocycles. The van der Waals surface area contributed by atoms with E-state index in [1.54, 1.807) is 19.9 Å². The van der Waals surface area contributed by atoms with Crippen molar-refractivity contribution in [2.75, 3.05) is 18.5 Å². The number of nitrogens with one attached hydrogen (secondary N) is 1. The van der Waals surface area contributed by atoms with Crippen molar-refractivity contribution in [1.29, 1.82) is 5.26 Å². The molecule has 0 spiro atoms. The summed E-state index contributed by atoms with van der Waals surface area (Å²) in [5, 5.41) is 12.3. The summed E-state index contributed by atoms with van der Waals surface area (Å²) in [5.74, 6) is -0.358. The van der Waals surface area contributed by atoms with Gasteiger partial charge in [0.15, 0.2) is 6.61 Å². The van der Waals surface area contributed by atoms with Crippen LogP contribution < -0.4 is 10.1 Å². The number of aryl methyl sites for hydroxylation is 1. The maximum absolute atomic E-state index is 12.2. The number of nitriles is 1. The van der Waals surface area contributed by atoms with Gasteiger partial charge in [0.1, 0.15) is 21.7 Å². The molecule has 0 aliphatic rings. The van der Waals surface area contributed by atoms with Crippen molar-refractivity contribution in [2.24, 2.45) is 0 Å². The first kappa shape index (κ1) is 19.9. The van der Waals surface area contributed by atoms with Crippen LogP contribution >= 0.6 is 27.3 Å². The second kappa shape index (κ2) is 8.83. The summed E-state index contributed by atoms with van der Waals surface area (Å²) < 4.78 is 11.4. The van der Waals surface area contributed by atoms with E-state index in [0.29, 0.717) is 21.2 Å². The van der Waals surface area contributed by atoms with Crippen molar-refractivity contribution < 1.29 is 19.1 Å². The minimum absolute atomic E-state index is 0.211. The molecule has 2 aromatic rings. The monoisotopic (exact) mass is 436 g/mol. The van der Waals surface area contributed by atoms with E-state index in [1.165, 1.54) is 0 Å². The molecule has 0 aliphatic heterocycles. The molecule has 0 unspecified atom stereocenters. The molecule has 1 aromatic heterocycles. The van der Waals surface area contributed by atoms with Crippen LogP contribution in [0.2, 0.25) is 0 Å². The SMILES string of the molecule is CCOC(=O)c1sc(NC(=O)COc2ccc(Br)c(C)c2)c(C#N)c1C. The Morgan fingerprint density at radius 2 is 2.08 bits per heavy atom. The van der Waals surface area contributed by atoms with Crippen LogP contribution in [-0.4, -0.2) is 25.1 Å². The lowest BCUT2D eigenvalue weighted by Gasteiger charge is -2.08. The Kier molecular flexibility index (Phi) is 6.77. The van der Waals surface area contributed by atoms with Crippen LogP contribution in [0.5, 0.6) is 5.75 Å². The number of anilines is 1. The summed E-state index contributed by atoms with van der Waals surface area (Å²) in [6, 6.07) is 7.41. The molecular formula is C18H17BrN2O4S. The van der Waals surface area contributed by atoms with Gasteiger partial charge in [-0.25, -0.2) is 4.79 Å². The Morgan fingerprint density at radius 3 is 2.69 bits per heavy atom. The van der Waals surface area contributed by atoms with Crippen molar-refractivity contribution >= 4 is 44.1 Å². The minimum atomic E-state index is -0.506. The molecule has 26 heavy (non-hydrogen) atoms. The van der Waals surface area contributed by atoms with Crippen molar-refractivity contribution in [3.05, 3.63) is 44.2 Å². The molecule has 0 saturated heterocycles. The van der Waals surface area contributed by atoms with Crippen LogP contribution in [0.3, 0.4) is 0 Å². The van der Waals surface area contributed by atoms with Crippen LogP contribution in [0, 0.1) is 25.2 Å². The second-order valence-corrected chi connectivity index (χ2v) is 7.22. The fraction of sp³-hybridized carbons (Fsp3) is 0.278. The molecule has 6 nitrogen and oxygen atoms in total. The second-order valence-electron chi connectivity index (χ2n) is 5.34. The first-order chi connectivity index (χ1) is 12.4. The summed E-state index contributed by atoms with van der Waals surface area (Å²) in [6.45, 7) is 5.30. The predicted molar refractivity (Wildman–Crippen MR) is 103 cm³/mol. The van der Waals surface area contributed by atoms with Crippen molar-refractivity contribution in [2.45, 2.75) is 20.8 Å². The number of nitrogens with zero attached hydrogens (tertiary/aromatic N) is 1.